The number of hydrogen-bond acceptors (Lipinski definition) is 4. The Bertz CT molecular complexity index is 481. The van der Waals surface area contributed by atoms with Gasteiger partial charge in [0.05, 0.1) is 0 Å². The van der Waals surface area contributed by atoms with E-state index in [0.717, 1.165) is 38.2 Å². The molecule has 2 aliphatic carbocycles. The van der Waals surface area contributed by atoms with Crippen molar-refractivity contribution in [2.24, 2.45) is 5.73 Å². The van der Waals surface area contributed by atoms with Gasteiger partial charge >= 0.3 is 0 Å². The fraction of sp³-hybridized carbons (Fsp3) is 0.714. The Morgan fingerprint density at radius 3 is 2.72 bits per heavy atom. The molecule has 1 saturated heterocycles. The van der Waals surface area contributed by atoms with E-state index >= 15 is 0 Å². The lowest BCUT2D eigenvalue weighted by Gasteiger charge is -2.20. The van der Waals surface area contributed by atoms with E-state index in [1.165, 1.54) is 36.3 Å². The highest BCUT2D eigenvalue weighted by atomic mass is 15.2. The maximum absolute atomic E-state index is 6.03. The van der Waals surface area contributed by atoms with Crippen molar-refractivity contribution < 1.29 is 0 Å². The first-order chi connectivity index (χ1) is 8.81. The number of aryl methyl sites for hydroxylation is 1. The Balaban J connectivity index is 1.75. The summed E-state index contributed by atoms with van der Waals surface area (Å²) in [6.07, 6.45) is 7.18. The van der Waals surface area contributed by atoms with Crippen LogP contribution >= 0.6 is 0 Å². The summed E-state index contributed by atoms with van der Waals surface area (Å²) in [6.45, 7) is 2.03. The van der Waals surface area contributed by atoms with Crippen LogP contribution in [0, 0.1) is 0 Å². The standard InChI is InChI=1S/C14H20N4/c15-10-6-7-18(8-10)14-11-2-1-3-12(11)16-13(17-14)9-4-5-9/h9-10H,1-8,15H2/t10-/m0/s1. The van der Waals surface area contributed by atoms with Gasteiger partial charge in [-0.3, -0.25) is 0 Å². The lowest BCUT2D eigenvalue weighted by atomic mass is 10.2. The number of rotatable bonds is 2. The molecule has 2 heterocycles. The predicted molar refractivity (Wildman–Crippen MR) is 70.8 cm³/mol. The van der Waals surface area contributed by atoms with Crippen LogP contribution in [0.25, 0.3) is 0 Å². The van der Waals surface area contributed by atoms with Crippen LogP contribution in [0.2, 0.25) is 0 Å². The lowest BCUT2D eigenvalue weighted by Crippen LogP contribution is -2.28. The smallest absolute Gasteiger partial charge is 0.135 e. The molecule has 1 aromatic heterocycles. The summed E-state index contributed by atoms with van der Waals surface area (Å²) in [6, 6.07) is 0.321. The van der Waals surface area contributed by atoms with Gasteiger partial charge in [0.1, 0.15) is 11.6 Å². The minimum absolute atomic E-state index is 0.321. The SMILES string of the molecule is N[C@H]1CCN(c2nc(C3CC3)nc3c2CCC3)C1. The number of nitrogens with zero attached hydrogens (tertiary/aromatic N) is 3. The summed E-state index contributed by atoms with van der Waals surface area (Å²) in [4.78, 5) is 12.1. The van der Waals surface area contributed by atoms with E-state index in [9.17, 15) is 0 Å². The summed E-state index contributed by atoms with van der Waals surface area (Å²) >= 11 is 0. The van der Waals surface area contributed by atoms with Gasteiger partial charge in [-0.25, -0.2) is 9.97 Å². The summed E-state index contributed by atoms with van der Waals surface area (Å²) in [7, 11) is 0. The van der Waals surface area contributed by atoms with Crippen molar-refractivity contribution in [3.05, 3.63) is 17.1 Å². The predicted octanol–water partition coefficient (Wildman–Crippen LogP) is 1.38. The van der Waals surface area contributed by atoms with E-state index in [4.69, 9.17) is 15.7 Å². The highest BCUT2D eigenvalue weighted by Crippen LogP contribution is 2.40. The third-order valence-electron chi connectivity index (χ3n) is 4.40. The molecule has 0 radical (unpaired) electrons. The first kappa shape index (κ1) is 10.7. The van der Waals surface area contributed by atoms with E-state index in [-0.39, 0.29) is 0 Å². The molecular weight excluding hydrogens is 224 g/mol. The van der Waals surface area contributed by atoms with E-state index in [1.54, 1.807) is 0 Å². The Morgan fingerprint density at radius 1 is 1.11 bits per heavy atom. The number of fused-ring (bicyclic) bond motifs is 1. The van der Waals surface area contributed by atoms with E-state index < -0.39 is 0 Å². The van der Waals surface area contributed by atoms with Crippen LogP contribution in [0.3, 0.4) is 0 Å². The van der Waals surface area contributed by atoms with Crippen molar-refractivity contribution in [3.63, 3.8) is 0 Å². The van der Waals surface area contributed by atoms with Crippen LogP contribution < -0.4 is 10.6 Å². The second-order valence-electron chi connectivity index (χ2n) is 5.95. The zero-order valence-corrected chi connectivity index (χ0v) is 10.7. The van der Waals surface area contributed by atoms with Crippen molar-refractivity contribution in [1.29, 1.82) is 0 Å². The highest BCUT2D eigenvalue weighted by Gasteiger charge is 2.32. The number of nitrogens with two attached hydrogens (primary N) is 1. The zero-order valence-electron chi connectivity index (χ0n) is 10.7. The largest absolute Gasteiger partial charge is 0.355 e. The van der Waals surface area contributed by atoms with Gasteiger partial charge in [0.2, 0.25) is 0 Å². The summed E-state index contributed by atoms with van der Waals surface area (Å²) in [5, 5.41) is 0. The first-order valence-electron chi connectivity index (χ1n) is 7.21. The molecule has 4 heteroatoms. The van der Waals surface area contributed by atoms with Crippen molar-refractivity contribution in [3.8, 4) is 0 Å². The van der Waals surface area contributed by atoms with Crippen molar-refractivity contribution in [1.82, 2.24) is 9.97 Å². The average Bonchev–Trinajstić information content (AvgIpc) is 2.96. The maximum Gasteiger partial charge on any atom is 0.135 e. The Hall–Kier alpha value is -1.16. The summed E-state index contributed by atoms with van der Waals surface area (Å²) in [5.74, 6) is 2.96. The lowest BCUT2D eigenvalue weighted by molar-refractivity contribution is 0.750. The van der Waals surface area contributed by atoms with Crippen LogP contribution in [0.4, 0.5) is 5.82 Å². The van der Waals surface area contributed by atoms with E-state index in [0.29, 0.717) is 12.0 Å². The zero-order chi connectivity index (χ0) is 12.1. The molecule has 2 fully saturated rings. The Kier molecular flexibility index (Phi) is 2.34. The fourth-order valence-electron chi connectivity index (χ4n) is 3.20. The second-order valence-corrected chi connectivity index (χ2v) is 5.95. The van der Waals surface area contributed by atoms with Crippen LogP contribution in [-0.4, -0.2) is 29.1 Å². The van der Waals surface area contributed by atoms with Gasteiger partial charge in [0.15, 0.2) is 0 Å². The third kappa shape index (κ3) is 1.70. The number of hydrogen-bond donors (Lipinski definition) is 1. The molecule has 96 valence electrons. The molecule has 1 aliphatic heterocycles. The molecule has 4 rings (SSSR count). The molecule has 3 aliphatic rings. The molecule has 2 N–H and O–H groups in total. The van der Waals surface area contributed by atoms with Gasteiger partial charge in [-0.2, -0.15) is 0 Å². The minimum Gasteiger partial charge on any atom is -0.355 e. The van der Waals surface area contributed by atoms with Gasteiger partial charge in [-0.1, -0.05) is 0 Å². The van der Waals surface area contributed by atoms with Gasteiger partial charge < -0.3 is 10.6 Å². The monoisotopic (exact) mass is 244 g/mol. The number of anilines is 1. The Morgan fingerprint density at radius 2 is 2.00 bits per heavy atom. The molecule has 18 heavy (non-hydrogen) atoms. The van der Waals surface area contributed by atoms with E-state index in [2.05, 4.69) is 4.90 Å². The summed E-state index contributed by atoms with van der Waals surface area (Å²) < 4.78 is 0. The molecule has 0 unspecified atom stereocenters. The minimum atomic E-state index is 0.321. The highest BCUT2D eigenvalue weighted by molar-refractivity contribution is 5.52. The number of aromatic nitrogens is 2. The van der Waals surface area contributed by atoms with Gasteiger partial charge in [-0.05, 0) is 38.5 Å². The molecular formula is C14H20N4. The van der Waals surface area contributed by atoms with Crippen molar-refractivity contribution in [2.45, 2.75) is 50.5 Å². The third-order valence-corrected chi connectivity index (χ3v) is 4.40. The van der Waals surface area contributed by atoms with Gasteiger partial charge in [0, 0.05) is 36.3 Å². The quantitative estimate of drug-likeness (QED) is 0.854. The average molecular weight is 244 g/mol. The van der Waals surface area contributed by atoms with Crippen LogP contribution in [-0.2, 0) is 12.8 Å². The van der Waals surface area contributed by atoms with Crippen molar-refractivity contribution in [2.75, 3.05) is 18.0 Å². The molecule has 1 saturated carbocycles. The fourth-order valence-corrected chi connectivity index (χ4v) is 3.20. The van der Waals surface area contributed by atoms with Gasteiger partial charge in [-0.15, -0.1) is 0 Å². The van der Waals surface area contributed by atoms with Gasteiger partial charge in [0.25, 0.3) is 0 Å². The molecule has 1 atom stereocenters. The molecule has 0 bridgehead atoms. The van der Waals surface area contributed by atoms with Crippen LogP contribution in [0.15, 0.2) is 0 Å². The summed E-state index contributed by atoms with van der Waals surface area (Å²) in [5.41, 5.74) is 8.77. The molecule has 0 spiro atoms. The molecule has 0 aromatic carbocycles. The molecule has 4 nitrogen and oxygen atoms in total. The molecule has 0 amide bonds. The first-order valence-corrected chi connectivity index (χ1v) is 7.21. The van der Waals surface area contributed by atoms with Crippen LogP contribution in [0.1, 0.15) is 48.7 Å². The molecule has 1 aromatic rings. The Labute approximate surface area is 108 Å². The normalized spacial score (nSPS) is 26.7. The van der Waals surface area contributed by atoms with Crippen LogP contribution in [0.5, 0.6) is 0 Å². The van der Waals surface area contributed by atoms with Crippen molar-refractivity contribution >= 4 is 5.82 Å². The van der Waals surface area contributed by atoms with E-state index in [1.807, 2.05) is 0 Å². The topological polar surface area (TPSA) is 55.0 Å². The maximum atomic E-state index is 6.03. The second kappa shape index (κ2) is 3.92.